The summed E-state index contributed by atoms with van der Waals surface area (Å²) in [4.78, 5) is 0. The van der Waals surface area contributed by atoms with E-state index in [1.165, 1.54) is 5.57 Å². The van der Waals surface area contributed by atoms with E-state index in [1.54, 1.807) is 0 Å². The van der Waals surface area contributed by atoms with E-state index in [4.69, 9.17) is 0 Å². The third-order valence-electron chi connectivity index (χ3n) is 1.18. The Kier molecular flexibility index (Phi) is 2.13. The second kappa shape index (κ2) is 3.13. The second-order valence-electron chi connectivity index (χ2n) is 1.95. The Hall–Kier alpha value is -0.980. The smallest absolute Gasteiger partial charge is 0.00103 e. The highest BCUT2D eigenvalue weighted by molar-refractivity contribution is 5.32. The Labute approximate surface area is 55.8 Å². The predicted molar refractivity (Wildman–Crippen MR) is 39.8 cm³/mol. The summed E-state index contributed by atoms with van der Waals surface area (Å²) < 4.78 is 0. The molecule has 0 amide bonds. The first kappa shape index (κ1) is 6.14. The van der Waals surface area contributed by atoms with Gasteiger partial charge < -0.3 is 5.32 Å². The van der Waals surface area contributed by atoms with Gasteiger partial charge in [-0.1, -0.05) is 13.0 Å². The average molecular weight is 121 g/mol. The minimum atomic E-state index is 1.10. The van der Waals surface area contributed by atoms with E-state index in [0.717, 1.165) is 6.42 Å². The zero-order valence-corrected chi connectivity index (χ0v) is 5.59. The lowest BCUT2D eigenvalue weighted by molar-refractivity contribution is 1.15. The van der Waals surface area contributed by atoms with Crippen molar-refractivity contribution in [3.8, 4) is 0 Å². The van der Waals surface area contributed by atoms with Crippen LogP contribution in [-0.4, -0.2) is 0 Å². The summed E-state index contributed by atoms with van der Waals surface area (Å²) in [5.41, 5.74) is 1.29. The summed E-state index contributed by atoms with van der Waals surface area (Å²) >= 11 is 0. The lowest BCUT2D eigenvalue weighted by Gasteiger charge is -1.99. The Morgan fingerprint density at radius 1 is 1.44 bits per heavy atom. The van der Waals surface area contributed by atoms with Crippen LogP contribution in [0.2, 0.25) is 0 Å². The molecule has 1 N–H and O–H groups in total. The van der Waals surface area contributed by atoms with Gasteiger partial charge in [0.2, 0.25) is 0 Å². The van der Waals surface area contributed by atoms with Gasteiger partial charge in [-0.2, -0.15) is 0 Å². The van der Waals surface area contributed by atoms with E-state index in [9.17, 15) is 0 Å². The fraction of sp³-hybridized carbons (Fsp3) is 0.250. The molecule has 0 saturated heterocycles. The lowest BCUT2D eigenvalue weighted by Crippen LogP contribution is -1.96. The number of hydrogen-bond acceptors (Lipinski definition) is 1. The maximum absolute atomic E-state index is 2.97. The highest BCUT2D eigenvalue weighted by Gasteiger charge is 1.86. The average Bonchev–Trinajstić information content (AvgIpc) is 1.91. The van der Waals surface area contributed by atoms with E-state index >= 15 is 0 Å². The van der Waals surface area contributed by atoms with Crippen LogP contribution < -0.4 is 5.32 Å². The van der Waals surface area contributed by atoms with Crippen LogP contribution in [0.1, 0.15) is 13.3 Å². The molecule has 1 heteroatoms. The summed E-state index contributed by atoms with van der Waals surface area (Å²) in [5, 5.41) is 2.97. The first-order chi connectivity index (χ1) is 4.43. The molecule has 0 spiro atoms. The number of allylic oxidation sites excluding steroid dienone is 4. The van der Waals surface area contributed by atoms with Crippen LogP contribution in [0.3, 0.4) is 0 Å². The van der Waals surface area contributed by atoms with Crippen LogP contribution >= 0.6 is 0 Å². The molecule has 0 fully saturated rings. The Morgan fingerprint density at radius 3 is 2.67 bits per heavy atom. The maximum Gasteiger partial charge on any atom is 0.00103 e. The van der Waals surface area contributed by atoms with Crippen molar-refractivity contribution in [3.63, 3.8) is 0 Å². The van der Waals surface area contributed by atoms with Gasteiger partial charge >= 0.3 is 0 Å². The largest absolute Gasteiger partial charge is 0.368 e. The fourth-order valence-corrected chi connectivity index (χ4v) is 0.772. The number of hydrogen-bond donors (Lipinski definition) is 1. The molecule has 48 valence electrons. The third-order valence-corrected chi connectivity index (χ3v) is 1.18. The van der Waals surface area contributed by atoms with Crippen molar-refractivity contribution in [2.24, 2.45) is 0 Å². The summed E-state index contributed by atoms with van der Waals surface area (Å²) in [6, 6.07) is 0. The maximum atomic E-state index is 2.97. The molecular formula is C8H11N. The van der Waals surface area contributed by atoms with E-state index in [-0.39, 0.29) is 0 Å². The molecule has 0 radical (unpaired) electrons. The van der Waals surface area contributed by atoms with E-state index in [1.807, 2.05) is 12.4 Å². The normalized spacial score (nSPS) is 15.4. The molecule has 0 atom stereocenters. The highest BCUT2D eigenvalue weighted by Crippen LogP contribution is 2.02. The molecule has 1 aliphatic rings. The molecule has 1 nitrogen and oxygen atoms in total. The lowest BCUT2D eigenvalue weighted by atomic mass is 10.2. The molecule has 0 aromatic carbocycles. The van der Waals surface area contributed by atoms with Gasteiger partial charge in [-0.3, -0.25) is 0 Å². The van der Waals surface area contributed by atoms with Crippen LogP contribution in [0.15, 0.2) is 36.2 Å². The van der Waals surface area contributed by atoms with Crippen molar-refractivity contribution in [2.75, 3.05) is 0 Å². The van der Waals surface area contributed by atoms with Gasteiger partial charge in [0.25, 0.3) is 0 Å². The molecule has 0 aromatic rings. The monoisotopic (exact) mass is 121 g/mol. The standard InChI is InChI=1S/C8H11N/c1-2-3-8-4-6-9-7-5-8/h3-7,9H,2H2,1H3. The van der Waals surface area contributed by atoms with Gasteiger partial charge in [0.15, 0.2) is 0 Å². The van der Waals surface area contributed by atoms with Crippen molar-refractivity contribution in [1.82, 2.24) is 5.32 Å². The van der Waals surface area contributed by atoms with Crippen molar-refractivity contribution >= 4 is 0 Å². The molecule has 1 heterocycles. The van der Waals surface area contributed by atoms with Crippen LogP contribution in [-0.2, 0) is 0 Å². The summed E-state index contributed by atoms with van der Waals surface area (Å²) in [6.07, 6.45) is 11.3. The van der Waals surface area contributed by atoms with Crippen molar-refractivity contribution in [1.29, 1.82) is 0 Å². The van der Waals surface area contributed by atoms with Crippen molar-refractivity contribution < 1.29 is 0 Å². The molecule has 1 aliphatic heterocycles. The third kappa shape index (κ3) is 1.76. The fourth-order valence-electron chi connectivity index (χ4n) is 0.772. The molecule has 9 heavy (non-hydrogen) atoms. The van der Waals surface area contributed by atoms with E-state index in [0.29, 0.717) is 0 Å². The minimum Gasteiger partial charge on any atom is -0.368 e. The van der Waals surface area contributed by atoms with Gasteiger partial charge in [0, 0.05) is 12.4 Å². The van der Waals surface area contributed by atoms with Crippen LogP contribution in [0.5, 0.6) is 0 Å². The molecular weight excluding hydrogens is 110 g/mol. The van der Waals surface area contributed by atoms with E-state index < -0.39 is 0 Å². The van der Waals surface area contributed by atoms with Crippen LogP contribution in [0.4, 0.5) is 0 Å². The van der Waals surface area contributed by atoms with Gasteiger partial charge in [-0.25, -0.2) is 0 Å². The molecule has 0 bridgehead atoms. The van der Waals surface area contributed by atoms with Crippen LogP contribution in [0, 0.1) is 0 Å². The van der Waals surface area contributed by atoms with Crippen molar-refractivity contribution in [3.05, 3.63) is 36.2 Å². The SMILES string of the molecule is CCC=C1C=CNC=C1. The van der Waals surface area contributed by atoms with Crippen molar-refractivity contribution in [2.45, 2.75) is 13.3 Å². The zero-order valence-electron chi connectivity index (χ0n) is 5.59. The predicted octanol–water partition coefficient (Wildman–Crippen LogP) is 1.95. The number of dihydropyridines is 1. The van der Waals surface area contributed by atoms with Gasteiger partial charge in [0.1, 0.15) is 0 Å². The second-order valence-corrected chi connectivity index (χ2v) is 1.95. The molecule has 0 saturated carbocycles. The Balaban J connectivity index is 2.59. The summed E-state index contributed by atoms with van der Waals surface area (Å²) in [6.45, 7) is 2.14. The quantitative estimate of drug-likeness (QED) is 0.559. The Morgan fingerprint density at radius 2 is 2.11 bits per heavy atom. The van der Waals surface area contributed by atoms with Gasteiger partial charge in [-0.15, -0.1) is 0 Å². The molecule has 1 rings (SSSR count). The van der Waals surface area contributed by atoms with Gasteiger partial charge in [-0.05, 0) is 24.1 Å². The number of nitrogens with one attached hydrogen (secondary N) is 1. The molecule has 0 unspecified atom stereocenters. The van der Waals surface area contributed by atoms with E-state index in [2.05, 4.69) is 30.5 Å². The summed E-state index contributed by atoms with van der Waals surface area (Å²) in [7, 11) is 0. The molecule has 0 aromatic heterocycles. The molecule has 0 aliphatic carbocycles. The number of rotatable bonds is 1. The zero-order chi connectivity index (χ0) is 6.53. The Bertz CT molecular complexity index is 149. The summed E-state index contributed by atoms with van der Waals surface area (Å²) in [5.74, 6) is 0. The van der Waals surface area contributed by atoms with Gasteiger partial charge in [0.05, 0.1) is 0 Å². The highest BCUT2D eigenvalue weighted by atomic mass is 14.8. The van der Waals surface area contributed by atoms with Crippen LogP contribution in [0.25, 0.3) is 0 Å². The first-order valence-corrected chi connectivity index (χ1v) is 3.23. The topological polar surface area (TPSA) is 12.0 Å². The minimum absolute atomic E-state index is 1.10. The first-order valence-electron chi connectivity index (χ1n) is 3.23.